The van der Waals surface area contributed by atoms with Crippen LogP contribution in [0, 0.1) is 6.07 Å². The Bertz CT molecular complexity index is 855. The fourth-order valence-corrected chi connectivity index (χ4v) is 2.66. The molecule has 1 aliphatic carbocycles. The molecule has 1 heterocycles. The molecular weight excluding hydrogens is 438 g/mol. The number of hydrogen-bond donors (Lipinski definition) is 0. The molecule has 2 nitrogen and oxygen atoms in total. The first kappa shape index (κ1) is 14.0. The molecule has 1 aliphatic rings. The molecule has 0 bridgehead atoms. The normalized spacial score (nSPS) is 11.5. The number of benzene rings is 2. The predicted molar refractivity (Wildman–Crippen MR) is 81.5 cm³/mol. The van der Waals surface area contributed by atoms with Crippen LogP contribution in [0.3, 0.4) is 0 Å². The Morgan fingerprint density at radius 3 is 2.76 bits per heavy atom. The summed E-state index contributed by atoms with van der Waals surface area (Å²) in [4.78, 5) is 4.76. The smallest absolute Gasteiger partial charge is 0.0751 e. The molecule has 0 N–H and O–H groups in total. The van der Waals surface area contributed by atoms with Gasteiger partial charge in [-0.15, -0.1) is 29.8 Å². The van der Waals surface area contributed by atoms with Gasteiger partial charge in [0.05, 0.1) is 12.6 Å². The topological polar surface area (TPSA) is 22.1 Å². The van der Waals surface area contributed by atoms with Crippen LogP contribution >= 0.6 is 0 Å². The first-order valence-electron chi connectivity index (χ1n) is 6.53. The van der Waals surface area contributed by atoms with Gasteiger partial charge in [-0.1, -0.05) is 30.4 Å². The fourth-order valence-electron chi connectivity index (χ4n) is 2.66. The molecule has 0 saturated heterocycles. The molecule has 4 rings (SSSR count). The zero-order valence-electron chi connectivity index (χ0n) is 11.4. The SMILES string of the molecule is COc1cc[c-]c(-c2cc3c4c(cccc4n2)C=C3)c1.[Ir]. The number of hydrogen-bond acceptors (Lipinski definition) is 2. The van der Waals surface area contributed by atoms with Crippen LogP contribution in [0.4, 0.5) is 0 Å². The molecule has 21 heavy (non-hydrogen) atoms. The molecular formula is C18H12IrNO-. The van der Waals surface area contributed by atoms with E-state index in [1.165, 1.54) is 16.5 Å². The van der Waals surface area contributed by atoms with Crippen molar-refractivity contribution in [1.29, 1.82) is 0 Å². The summed E-state index contributed by atoms with van der Waals surface area (Å²) in [7, 11) is 1.67. The van der Waals surface area contributed by atoms with Crippen LogP contribution in [0.25, 0.3) is 34.3 Å². The van der Waals surface area contributed by atoms with Crippen LogP contribution in [-0.4, -0.2) is 12.1 Å². The third-order valence-corrected chi connectivity index (χ3v) is 3.62. The van der Waals surface area contributed by atoms with Crippen LogP contribution in [0.1, 0.15) is 11.1 Å². The minimum atomic E-state index is 0. The second-order valence-electron chi connectivity index (χ2n) is 4.81. The van der Waals surface area contributed by atoms with Crippen molar-refractivity contribution < 1.29 is 24.8 Å². The van der Waals surface area contributed by atoms with E-state index >= 15 is 0 Å². The molecule has 0 amide bonds. The van der Waals surface area contributed by atoms with Crippen LogP contribution in [0.15, 0.2) is 42.5 Å². The van der Waals surface area contributed by atoms with Crippen LogP contribution in [-0.2, 0) is 20.1 Å². The first-order chi connectivity index (χ1) is 9.85. The summed E-state index contributed by atoms with van der Waals surface area (Å²) in [6, 6.07) is 17.3. The predicted octanol–water partition coefficient (Wildman–Crippen LogP) is 4.19. The Balaban J connectivity index is 0.00000132. The zero-order chi connectivity index (χ0) is 13.5. The monoisotopic (exact) mass is 451 g/mol. The molecule has 0 atom stereocenters. The van der Waals surface area contributed by atoms with Crippen molar-refractivity contribution in [3.8, 4) is 17.0 Å². The van der Waals surface area contributed by atoms with Gasteiger partial charge in [-0.25, -0.2) is 0 Å². The van der Waals surface area contributed by atoms with E-state index in [2.05, 4.69) is 36.4 Å². The summed E-state index contributed by atoms with van der Waals surface area (Å²) in [6.45, 7) is 0. The minimum Gasteiger partial charge on any atom is -0.516 e. The van der Waals surface area contributed by atoms with E-state index in [1.807, 2.05) is 24.3 Å². The molecule has 1 radical (unpaired) electrons. The van der Waals surface area contributed by atoms with E-state index in [4.69, 9.17) is 9.72 Å². The Hall–Kier alpha value is -1.96. The quantitative estimate of drug-likeness (QED) is 0.427. The maximum absolute atomic E-state index is 5.27. The molecule has 2 aromatic carbocycles. The molecule has 0 spiro atoms. The second-order valence-corrected chi connectivity index (χ2v) is 4.81. The van der Waals surface area contributed by atoms with Crippen molar-refractivity contribution in [3.05, 3.63) is 59.7 Å². The van der Waals surface area contributed by atoms with Crippen molar-refractivity contribution in [3.63, 3.8) is 0 Å². The van der Waals surface area contributed by atoms with Crippen molar-refractivity contribution in [2.24, 2.45) is 0 Å². The van der Waals surface area contributed by atoms with Crippen LogP contribution in [0.5, 0.6) is 5.75 Å². The summed E-state index contributed by atoms with van der Waals surface area (Å²) in [5.41, 5.74) is 5.36. The summed E-state index contributed by atoms with van der Waals surface area (Å²) in [6.07, 6.45) is 4.28. The summed E-state index contributed by atoms with van der Waals surface area (Å²) in [5.74, 6) is 0.821. The Kier molecular flexibility index (Phi) is 3.62. The number of aromatic nitrogens is 1. The zero-order valence-corrected chi connectivity index (χ0v) is 13.8. The van der Waals surface area contributed by atoms with Gasteiger partial charge in [-0.3, -0.25) is 4.98 Å². The average Bonchev–Trinajstić information content (AvgIpc) is 2.92. The van der Waals surface area contributed by atoms with Gasteiger partial charge in [0.2, 0.25) is 0 Å². The number of pyridine rings is 1. The fraction of sp³-hybridized carbons (Fsp3) is 0.0556. The van der Waals surface area contributed by atoms with Crippen molar-refractivity contribution in [2.75, 3.05) is 7.11 Å². The molecule has 0 fully saturated rings. The maximum atomic E-state index is 5.27. The van der Waals surface area contributed by atoms with Gasteiger partial charge >= 0.3 is 0 Å². The van der Waals surface area contributed by atoms with E-state index in [0.29, 0.717) is 0 Å². The van der Waals surface area contributed by atoms with Crippen LogP contribution < -0.4 is 4.74 Å². The summed E-state index contributed by atoms with van der Waals surface area (Å²) >= 11 is 0. The molecule has 0 aliphatic heterocycles. The van der Waals surface area contributed by atoms with Crippen LogP contribution in [0.2, 0.25) is 0 Å². The van der Waals surface area contributed by atoms with E-state index in [9.17, 15) is 0 Å². The van der Waals surface area contributed by atoms with Gasteiger partial charge in [0.1, 0.15) is 0 Å². The third kappa shape index (κ3) is 2.29. The molecule has 1 aromatic heterocycles. The number of ether oxygens (including phenoxy) is 1. The van der Waals surface area contributed by atoms with E-state index in [0.717, 1.165) is 22.5 Å². The number of rotatable bonds is 2. The Morgan fingerprint density at radius 1 is 1.05 bits per heavy atom. The van der Waals surface area contributed by atoms with Gasteiger partial charge in [0, 0.05) is 31.2 Å². The van der Waals surface area contributed by atoms with Gasteiger partial charge in [0.15, 0.2) is 0 Å². The van der Waals surface area contributed by atoms with Crippen molar-refractivity contribution >= 4 is 23.1 Å². The summed E-state index contributed by atoms with van der Waals surface area (Å²) < 4.78 is 5.27. The largest absolute Gasteiger partial charge is 0.516 e. The van der Waals surface area contributed by atoms with E-state index in [-0.39, 0.29) is 20.1 Å². The number of nitrogens with zero attached hydrogens (tertiary/aromatic N) is 1. The van der Waals surface area contributed by atoms with Gasteiger partial charge in [0.25, 0.3) is 0 Å². The Morgan fingerprint density at radius 2 is 1.90 bits per heavy atom. The molecule has 0 saturated carbocycles. The standard InChI is InChI=1S/C18H12NO.Ir/c1-20-15-6-2-5-13(10-15)17-11-14-9-8-12-4-3-7-16(19-17)18(12)14;/h2-4,6-11H,1H3;/q-1;. The van der Waals surface area contributed by atoms with Gasteiger partial charge in [-0.2, -0.15) is 0 Å². The van der Waals surface area contributed by atoms with Gasteiger partial charge < -0.3 is 4.74 Å². The van der Waals surface area contributed by atoms with E-state index < -0.39 is 0 Å². The number of methoxy groups -OCH3 is 1. The minimum absolute atomic E-state index is 0. The van der Waals surface area contributed by atoms with Crippen molar-refractivity contribution in [2.45, 2.75) is 0 Å². The third-order valence-electron chi connectivity index (χ3n) is 3.62. The van der Waals surface area contributed by atoms with E-state index in [1.54, 1.807) is 7.11 Å². The average molecular weight is 451 g/mol. The van der Waals surface area contributed by atoms with Gasteiger partial charge in [-0.05, 0) is 22.9 Å². The second kappa shape index (κ2) is 5.44. The Labute approximate surface area is 136 Å². The molecule has 3 aromatic rings. The molecule has 0 unspecified atom stereocenters. The molecule has 105 valence electrons. The maximum Gasteiger partial charge on any atom is 0.0751 e. The summed E-state index contributed by atoms with van der Waals surface area (Å²) in [5, 5.41) is 1.24. The first-order valence-corrected chi connectivity index (χ1v) is 6.53. The van der Waals surface area contributed by atoms with Crippen molar-refractivity contribution in [1.82, 2.24) is 4.98 Å². The molecule has 3 heteroatoms.